The van der Waals surface area contributed by atoms with Crippen molar-refractivity contribution in [2.24, 2.45) is 0 Å². The number of fused-ring (bicyclic) bond motifs is 1. The van der Waals surface area contributed by atoms with Crippen molar-refractivity contribution in [2.75, 3.05) is 19.6 Å². The predicted molar refractivity (Wildman–Crippen MR) is 110 cm³/mol. The Hall–Kier alpha value is -2.70. The number of benzene rings is 1. The summed E-state index contributed by atoms with van der Waals surface area (Å²) in [4.78, 5) is 33.8. The van der Waals surface area contributed by atoms with E-state index in [2.05, 4.69) is 5.10 Å². The van der Waals surface area contributed by atoms with E-state index in [1.54, 1.807) is 0 Å². The minimum atomic E-state index is -0.144. The van der Waals surface area contributed by atoms with Gasteiger partial charge < -0.3 is 9.80 Å². The van der Waals surface area contributed by atoms with E-state index in [0.717, 1.165) is 37.3 Å². The Balaban J connectivity index is 1.38. The normalized spacial score (nSPS) is 19.6. The summed E-state index contributed by atoms with van der Waals surface area (Å²) in [7, 11) is 0. The Kier molecular flexibility index (Phi) is 5.92. The van der Waals surface area contributed by atoms with Crippen LogP contribution in [0.5, 0.6) is 0 Å². The Bertz CT molecular complexity index is 855. The molecule has 4 rings (SSSR count). The average molecular weight is 396 g/mol. The number of hydrogen-bond acceptors (Lipinski definition) is 4. The van der Waals surface area contributed by atoms with Gasteiger partial charge in [-0.25, -0.2) is 9.67 Å². The molecule has 0 spiro atoms. The van der Waals surface area contributed by atoms with Gasteiger partial charge >= 0.3 is 0 Å². The molecule has 1 aromatic heterocycles. The third-order valence-corrected chi connectivity index (χ3v) is 5.96. The standard InChI is InChI=1S/C22H29N5O2/c1-17-22-23-21(18-9-5-4-6-10-18)24-27(22)16-15-26(17)20(29)12-11-19(28)25-13-7-2-3-8-14-25/h4-6,9-10,17H,2-3,7-8,11-16H2,1H3/t17-/m0/s1. The molecule has 2 amide bonds. The molecule has 2 aliphatic rings. The van der Waals surface area contributed by atoms with Crippen molar-refractivity contribution in [3.8, 4) is 11.4 Å². The molecule has 1 atom stereocenters. The smallest absolute Gasteiger partial charge is 0.223 e. The van der Waals surface area contributed by atoms with Crippen molar-refractivity contribution in [1.29, 1.82) is 0 Å². The second kappa shape index (κ2) is 8.76. The fourth-order valence-electron chi connectivity index (χ4n) is 4.25. The molecular weight excluding hydrogens is 366 g/mol. The summed E-state index contributed by atoms with van der Waals surface area (Å²) in [6.07, 6.45) is 5.09. The van der Waals surface area contributed by atoms with Crippen LogP contribution in [0.4, 0.5) is 0 Å². The first-order valence-electron chi connectivity index (χ1n) is 10.7. The van der Waals surface area contributed by atoms with Crippen LogP contribution in [0.1, 0.15) is 57.3 Å². The number of aromatic nitrogens is 3. The summed E-state index contributed by atoms with van der Waals surface area (Å²) in [5.41, 5.74) is 0.975. The molecule has 0 unspecified atom stereocenters. The van der Waals surface area contributed by atoms with Gasteiger partial charge in [-0.2, -0.15) is 5.10 Å². The summed E-state index contributed by atoms with van der Waals surface area (Å²) < 4.78 is 1.90. The van der Waals surface area contributed by atoms with Gasteiger partial charge in [0.2, 0.25) is 11.8 Å². The molecule has 3 heterocycles. The Labute approximate surface area is 171 Å². The van der Waals surface area contributed by atoms with Gasteiger partial charge in [0, 0.05) is 38.0 Å². The van der Waals surface area contributed by atoms with E-state index in [4.69, 9.17) is 4.98 Å². The zero-order chi connectivity index (χ0) is 20.2. The minimum absolute atomic E-state index is 0.0242. The van der Waals surface area contributed by atoms with Gasteiger partial charge in [-0.15, -0.1) is 0 Å². The zero-order valence-electron chi connectivity index (χ0n) is 17.1. The van der Waals surface area contributed by atoms with E-state index in [9.17, 15) is 9.59 Å². The molecule has 154 valence electrons. The van der Waals surface area contributed by atoms with Crippen LogP contribution in [0.15, 0.2) is 30.3 Å². The van der Waals surface area contributed by atoms with E-state index < -0.39 is 0 Å². The molecule has 7 heteroatoms. The summed E-state index contributed by atoms with van der Waals surface area (Å²) >= 11 is 0. The number of nitrogens with zero attached hydrogens (tertiary/aromatic N) is 5. The van der Waals surface area contributed by atoms with E-state index >= 15 is 0 Å². The molecule has 2 aliphatic heterocycles. The third-order valence-electron chi connectivity index (χ3n) is 5.96. The number of hydrogen-bond donors (Lipinski definition) is 0. The molecule has 1 fully saturated rings. The largest absolute Gasteiger partial charge is 0.343 e. The van der Waals surface area contributed by atoms with Gasteiger partial charge in [0.1, 0.15) is 5.82 Å². The second-order valence-corrected chi connectivity index (χ2v) is 7.94. The molecule has 0 aliphatic carbocycles. The number of carbonyl (C=O) groups excluding carboxylic acids is 2. The van der Waals surface area contributed by atoms with Crippen molar-refractivity contribution in [3.05, 3.63) is 36.2 Å². The number of rotatable bonds is 4. The van der Waals surface area contributed by atoms with Crippen molar-refractivity contribution in [2.45, 2.75) is 58.0 Å². The lowest BCUT2D eigenvalue weighted by Gasteiger charge is -2.33. The summed E-state index contributed by atoms with van der Waals surface area (Å²) in [6.45, 7) is 4.88. The third kappa shape index (κ3) is 4.33. The highest BCUT2D eigenvalue weighted by molar-refractivity contribution is 5.84. The number of likely N-dealkylation sites (tertiary alicyclic amines) is 1. The van der Waals surface area contributed by atoms with Gasteiger partial charge in [0.15, 0.2) is 5.82 Å². The first kappa shape index (κ1) is 19.6. The van der Waals surface area contributed by atoms with Gasteiger partial charge in [-0.1, -0.05) is 43.2 Å². The maximum absolute atomic E-state index is 12.8. The zero-order valence-corrected chi connectivity index (χ0v) is 17.1. The van der Waals surface area contributed by atoms with Crippen LogP contribution < -0.4 is 0 Å². The van der Waals surface area contributed by atoms with Crippen molar-refractivity contribution >= 4 is 11.8 Å². The topological polar surface area (TPSA) is 71.3 Å². The van der Waals surface area contributed by atoms with E-state index in [1.807, 2.05) is 51.7 Å². The van der Waals surface area contributed by atoms with E-state index in [0.29, 0.717) is 25.3 Å². The lowest BCUT2D eigenvalue weighted by Crippen LogP contribution is -2.42. The summed E-state index contributed by atoms with van der Waals surface area (Å²) in [5.74, 6) is 1.64. The molecule has 0 radical (unpaired) electrons. The molecule has 1 saturated heterocycles. The Morgan fingerprint density at radius 1 is 0.931 bits per heavy atom. The maximum Gasteiger partial charge on any atom is 0.223 e. The molecule has 0 saturated carbocycles. The van der Waals surface area contributed by atoms with Crippen LogP contribution in [-0.2, 0) is 16.1 Å². The molecule has 2 aromatic rings. The maximum atomic E-state index is 12.8. The van der Waals surface area contributed by atoms with E-state index in [1.165, 1.54) is 12.8 Å². The monoisotopic (exact) mass is 395 g/mol. The molecule has 7 nitrogen and oxygen atoms in total. The first-order valence-corrected chi connectivity index (χ1v) is 10.7. The van der Waals surface area contributed by atoms with Crippen LogP contribution in [0, 0.1) is 0 Å². The highest BCUT2D eigenvalue weighted by Gasteiger charge is 2.31. The predicted octanol–water partition coefficient (Wildman–Crippen LogP) is 3.03. The van der Waals surface area contributed by atoms with Gasteiger partial charge in [0.25, 0.3) is 0 Å². The Morgan fingerprint density at radius 3 is 2.34 bits per heavy atom. The van der Waals surface area contributed by atoms with Gasteiger partial charge in [-0.3, -0.25) is 9.59 Å². The van der Waals surface area contributed by atoms with E-state index in [-0.39, 0.29) is 24.3 Å². The summed E-state index contributed by atoms with van der Waals surface area (Å²) in [6, 6.07) is 9.74. The number of amides is 2. The van der Waals surface area contributed by atoms with Crippen molar-refractivity contribution in [1.82, 2.24) is 24.6 Å². The van der Waals surface area contributed by atoms with Crippen molar-refractivity contribution < 1.29 is 9.59 Å². The summed E-state index contributed by atoms with van der Waals surface area (Å²) in [5, 5.41) is 4.62. The van der Waals surface area contributed by atoms with Gasteiger partial charge in [0.05, 0.1) is 12.6 Å². The average Bonchev–Trinajstić information content (AvgIpc) is 3.00. The highest BCUT2D eigenvalue weighted by atomic mass is 16.2. The van der Waals surface area contributed by atoms with Gasteiger partial charge in [-0.05, 0) is 19.8 Å². The van der Waals surface area contributed by atoms with Crippen molar-refractivity contribution in [3.63, 3.8) is 0 Å². The van der Waals surface area contributed by atoms with Crippen LogP contribution in [0.3, 0.4) is 0 Å². The molecule has 1 aromatic carbocycles. The second-order valence-electron chi connectivity index (χ2n) is 7.94. The minimum Gasteiger partial charge on any atom is -0.343 e. The lowest BCUT2D eigenvalue weighted by molar-refractivity contribution is -0.139. The Morgan fingerprint density at radius 2 is 1.62 bits per heavy atom. The fraction of sp³-hybridized carbons (Fsp3) is 0.545. The molecule has 0 N–H and O–H groups in total. The molecule has 29 heavy (non-hydrogen) atoms. The first-order chi connectivity index (χ1) is 14.1. The quantitative estimate of drug-likeness (QED) is 0.798. The van der Waals surface area contributed by atoms with Crippen LogP contribution in [0.25, 0.3) is 11.4 Å². The number of carbonyl (C=O) groups is 2. The molecule has 0 bridgehead atoms. The highest BCUT2D eigenvalue weighted by Crippen LogP contribution is 2.27. The van der Waals surface area contributed by atoms with Crippen LogP contribution in [0.2, 0.25) is 0 Å². The van der Waals surface area contributed by atoms with Crippen LogP contribution >= 0.6 is 0 Å². The van der Waals surface area contributed by atoms with Crippen LogP contribution in [-0.4, -0.2) is 56.0 Å². The molecular formula is C22H29N5O2. The fourth-order valence-corrected chi connectivity index (χ4v) is 4.25. The SMILES string of the molecule is C[C@H]1c2nc(-c3ccccc3)nn2CCN1C(=O)CCC(=O)N1CCCCCC1. The lowest BCUT2D eigenvalue weighted by atomic mass is 10.1.